The third kappa shape index (κ3) is 4.93. The molecule has 1 rings (SSSR count). The molecule has 0 heterocycles. The van der Waals surface area contributed by atoms with Gasteiger partial charge in [-0.15, -0.1) is 0 Å². The molecule has 5 nitrogen and oxygen atoms in total. The third-order valence-electron chi connectivity index (χ3n) is 3.32. The van der Waals surface area contributed by atoms with Crippen molar-refractivity contribution in [2.75, 3.05) is 21.3 Å². The molecule has 0 saturated heterocycles. The van der Waals surface area contributed by atoms with Crippen molar-refractivity contribution in [1.82, 2.24) is 4.90 Å². The first-order valence-corrected chi connectivity index (χ1v) is 7.10. The molecule has 0 saturated carbocycles. The lowest BCUT2D eigenvalue weighted by Gasteiger charge is -2.23. The van der Waals surface area contributed by atoms with Gasteiger partial charge in [0.15, 0.2) is 0 Å². The molecule has 118 valence electrons. The fraction of sp³-hybridized carbons (Fsp3) is 0.562. The molecule has 0 spiro atoms. The van der Waals surface area contributed by atoms with E-state index in [1.807, 2.05) is 18.2 Å². The molecular formula is C16H26N2O3. The first-order valence-electron chi connectivity index (χ1n) is 7.10. The van der Waals surface area contributed by atoms with E-state index < -0.39 is 6.04 Å². The van der Waals surface area contributed by atoms with E-state index in [9.17, 15) is 4.79 Å². The zero-order valence-corrected chi connectivity index (χ0v) is 13.6. The van der Waals surface area contributed by atoms with Crippen molar-refractivity contribution < 1.29 is 14.3 Å². The number of carbonyl (C=O) groups is 1. The van der Waals surface area contributed by atoms with Crippen LogP contribution in [-0.4, -0.2) is 38.1 Å². The minimum absolute atomic E-state index is 0.0541. The lowest BCUT2D eigenvalue weighted by molar-refractivity contribution is -0.132. The number of likely N-dealkylation sites (N-methyl/N-ethyl adjacent to an activating group) is 1. The molecule has 1 aromatic carbocycles. The first-order chi connectivity index (χ1) is 9.88. The van der Waals surface area contributed by atoms with Gasteiger partial charge in [-0.25, -0.2) is 0 Å². The maximum absolute atomic E-state index is 12.2. The molecule has 0 aromatic heterocycles. The Labute approximate surface area is 127 Å². The molecule has 21 heavy (non-hydrogen) atoms. The van der Waals surface area contributed by atoms with Gasteiger partial charge in [0.25, 0.3) is 0 Å². The second-order valence-corrected chi connectivity index (χ2v) is 5.61. The maximum atomic E-state index is 12.2. The topological polar surface area (TPSA) is 64.8 Å². The van der Waals surface area contributed by atoms with Crippen LogP contribution in [0.1, 0.15) is 25.8 Å². The zero-order chi connectivity index (χ0) is 16.0. The lowest BCUT2D eigenvalue weighted by atomic mass is 10.0. The second-order valence-electron chi connectivity index (χ2n) is 5.61. The fourth-order valence-electron chi connectivity index (χ4n) is 2.21. The molecule has 0 fully saturated rings. The Kier molecular flexibility index (Phi) is 6.49. The summed E-state index contributed by atoms with van der Waals surface area (Å²) in [5.74, 6) is 1.77. The van der Waals surface area contributed by atoms with E-state index in [2.05, 4.69) is 13.8 Å². The van der Waals surface area contributed by atoms with E-state index in [1.54, 1.807) is 26.2 Å². The summed E-state index contributed by atoms with van der Waals surface area (Å²) in [6.07, 6.45) is 0.683. The summed E-state index contributed by atoms with van der Waals surface area (Å²) in [4.78, 5) is 13.9. The summed E-state index contributed by atoms with van der Waals surface area (Å²) < 4.78 is 10.5. The van der Waals surface area contributed by atoms with Crippen molar-refractivity contribution in [2.24, 2.45) is 11.7 Å². The van der Waals surface area contributed by atoms with Crippen LogP contribution >= 0.6 is 0 Å². The Balaban J connectivity index is 2.78. The molecule has 1 amide bonds. The molecule has 5 heteroatoms. The Morgan fingerprint density at radius 1 is 1.29 bits per heavy atom. The van der Waals surface area contributed by atoms with Crippen LogP contribution in [0.15, 0.2) is 18.2 Å². The van der Waals surface area contributed by atoms with Crippen molar-refractivity contribution in [3.8, 4) is 11.5 Å². The number of methoxy groups -OCH3 is 2. The standard InChI is InChI=1S/C16H26N2O3/c1-11(2)8-14(17)16(19)18(3)10-12-6-7-13(20-4)9-15(12)21-5/h6-7,9,11,14H,8,10,17H2,1-5H3/t14-/m0/s1. The Hall–Kier alpha value is -1.75. The van der Waals surface area contributed by atoms with Crippen molar-refractivity contribution in [2.45, 2.75) is 32.9 Å². The van der Waals surface area contributed by atoms with Crippen LogP contribution in [-0.2, 0) is 11.3 Å². The quantitative estimate of drug-likeness (QED) is 0.836. The largest absolute Gasteiger partial charge is 0.497 e. The first kappa shape index (κ1) is 17.3. The van der Waals surface area contributed by atoms with E-state index in [0.29, 0.717) is 24.6 Å². The van der Waals surface area contributed by atoms with Gasteiger partial charge < -0.3 is 20.1 Å². The third-order valence-corrected chi connectivity index (χ3v) is 3.32. The van der Waals surface area contributed by atoms with Crippen molar-refractivity contribution in [3.63, 3.8) is 0 Å². The fourth-order valence-corrected chi connectivity index (χ4v) is 2.21. The summed E-state index contributed by atoms with van der Waals surface area (Å²) in [6.45, 7) is 4.57. The van der Waals surface area contributed by atoms with Gasteiger partial charge >= 0.3 is 0 Å². The number of hydrogen-bond donors (Lipinski definition) is 1. The number of nitrogens with zero attached hydrogens (tertiary/aromatic N) is 1. The van der Waals surface area contributed by atoms with Crippen LogP contribution in [0.3, 0.4) is 0 Å². The van der Waals surface area contributed by atoms with Gasteiger partial charge in [0.05, 0.1) is 20.3 Å². The highest BCUT2D eigenvalue weighted by Crippen LogP contribution is 2.25. The maximum Gasteiger partial charge on any atom is 0.239 e. The van der Waals surface area contributed by atoms with Crippen LogP contribution in [0, 0.1) is 5.92 Å². The average Bonchev–Trinajstić information content (AvgIpc) is 2.45. The molecule has 0 aliphatic heterocycles. The molecular weight excluding hydrogens is 268 g/mol. The molecule has 1 aromatic rings. The highest BCUT2D eigenvalue weighted by atomic mass is 16.5. The number of benzene rings is 1. The summed E-state index contributed by atoms with van der Waals surface area (Å²) in [5, 5.41) is 0. The van der Waals surface area contributed by atoms with E-state index in [-0.39, 0.29) is 5.91 Å². The summed E-state index contributed by atoms with van der Waals surface area (Å²) in [7, 11) is 4.96. The van der Waals surface area contributed by atoms with Crippen LogP contribution in [0.5, 0.6) is 11.5 Å². The summed E-state index contributed by atoms with van der Waals surface area (Å²) in [6, 6.07) is 5.10. The van der Waals surface area contributed by atoms with Gasteiger partial charge in [-0.1, -0.05) is 13.8 Å². The van der Waals surface area contributed by atoms with Gasteiger partial charge in [-0.05, 0) is 24.5 Å². The monoisotopic (exact) mass is 294 g/mol. The van der Waals surface area contributed by atoms with E-state index >= 15 is 0 Å². The van der Waals surface area contributed by atoms with Crippen LogP contribution in [0.2, 0.25) is 0 Å². The SMILES string of the molecule is COc1ccc(CN(C)C(=O)[C@@H](N)CC(C)C)c(OC)c1. The minimum atomic E-state index is -0.459. The van der Waals surface area contributed by atoms with Gasteiger partial charge in [0.2, 0.25) is 5.91 Å². The van der Waals surface area contributed by atoms with Crippen molar-refractivity contribution in [1.29, 1.82) is 0 Å². The van der Waals surface area contributed by atoms with Gasteiger partial charge in [-0.2, -0.15) is 0 Å². The number of hydrogen-bond acceptors (Lipinski definition) is 4. The molecule has 0 aliphatic rings. The van der Waals surface area contributed by atoms with E-state index in [0.717, 1.165) is 11.3 Å². The second kappa shape index (κ2) is 7.88. The van der Waals surface area contributed by atoms with E-state index in [1.165, 1.54) is 0 Å². The van der Waals surface area contributed by atoms with Crippen LogP contribution in [0.25, 0.3) is 0 Å². The number of ether oxygens (including phenoxy) is 2. The minimum Gasteiger partial charge on any atom is -0.497 e. The van der Waals surface area contributed by atoms with Crippen LogP contribution in [0.4, 0.5) is 0 Å². The number of carbonyl (C=O) groups excluding carboxylic acids is 1. The Morgan fingerprint density at radius 2 is 1.95 bits per heavy atom. The molecule has 0 bridgehead atoms. The average molecular weight is 294 g/mol. The van der Waals surface area contributed by atoms with E-state index in [4.69, 9.17) is 15.2 Å². The molecule has 0 radical (unpaired) electrons. The summed E-state index contributed by atoms with van der Waals surface area (Å²) in [5.41, 5.74) is 6.87. The zero-order valence-electron chi connectivity index (χ0n) is 13.6. The molecule has 0 unspecified atom stereocenters. The smallest absolute Gasteiger partial charge is 0.239 e. The van der Waals surface area contributed by atoms with Gasteiger partial charge in [0.1, 0.15) is 11.5 Å². The summed E-state index contributed by atoms with van der Waals surface area (Å²) >= 11 is 0. The molecule has 1 atom stereocenters. The normalized spacial score (nSPS) is 12.1. The predicted octanol–water partition coefficient (Wildman–Crippen LogP) is 2.04. The molecule has 0 aliphatic carbocycles. The number of rotatable bonds is 7. The van der Waals surface area contributed by atoms with Gasteiger partial charge in [0, 0.05) is 25.2 Å². The van der Waals surface area contributed by atoms with Crippen molar-refractivity contribution >= 4 is 5.91 Å². The Bertz CT molecular complexity index is 475. The Morgan fingerprint density at radius 3 is 2.48 bits per heavy atom. The predicted molar refractivity (Wildman–Crippen MR) is 83.5 cm³/mol. The lowest BCUT2D eigenvalue weighted by Crippen LogP contribution is -2.42. The highest BCUT2D eigenvalue weighted by Gasteiger charge is 2.20. The number of amides is 1. The van der Waals surface area contributed by atoms with Crippen LogP contribution < -0.4 is 15.2 Å². The van der Waals surface area contributed by atoms with Crippen molar-refractivity contribution in [3.05, 3.63) is 23.8 Å². The highest BCUT2D eigenvalue weighted by molar-refractivity contribution is 5.81. The molecule has 2 N–H and O–H groups in total. The van der Waals surface area contributed by atoms with Gasteiger partial charge in [-0.3, -0.25) is 4.79 Å². The number of nitrogens with two attached hydrogens (primary N) is 1.